The number of rotatable bonds is 2. The normalized spacial score (nSPS) is 21.9. The van der Waals surface area contributed by atoms with E-state index in [9.17, 15) is 0 Å². The first-order chi connectivity index (χ1) is 6.02. The molecular formula is C10H22O3. The molecule has 3 N–H and O–H groups in total. The Morgan fingerprint density at radius 1 is 1.08 bits per heavy atom. The summed E-state index contributed by atoms with van der Waals surface area (Å²) in [6, 6.07) is 0. The third kappa shape index (κ3) is 9.80. The molecule has 1 aliphatic carbocycles. The maximum atomic E-state index is 8.73. The Labute approximate surface area is 80.4 Å². The van der Waals surface area contributed by atoms with Crippen molar-refractivity contribution in [3.63, 3.8) is 0 Å². The van der Waals surface area contributed by atoms with Crippen LogP contribution in [0, 0.1) is 0 Å². The summed E-state index contributed by atoms with van der Waals surface area (Å²) in [6.45, 7) is 3.32. The topological polar surface area (TPSA) is 60.7 Å². The average molecular weight is 190 g/mol. The van der Waals surface area contributed by atoms with Crippen LogP contribution in [0.4, 0.5) is 0 Å². The van der Waals surface area contributed by atoms with Gasteiger partial charge in [-0.15, -0.1) is 0 Å². The fourth-order valence-electron chi connectivity index (χ4n) is 1.40. The van der Waals surface area contributed by atoms with Crippen LogP contribution in [0.5, 0.6) is 0 Å². The molecule has 0 aromatic carbocycles. The predicted octanol–water partition coefficient (Wildman–Crippen LogP) is 1.06. The summed E-state index contributed by atoms with van der Waals surface area (Å²) in [7, 11) is 0. The van der Waals surface area contributed by atoms with Gasteiger partial charge in [-0.25, -0.2) is 0 Å². The minimum Gasteiger partial charge on any atom is -0.393 e. The fourth-order valence-corrected chi connectivity index (χ4v) is 1.40. The van der Waals surface area contributed by atoms with E-state index in [1.54, 1.807) is 13.8 Å². The molecule has 0 heterocycles. The monoisotopic (exact) mass is 190 g/mol. The summed E-state index contributed by atoms with van der Waals surface area (Å²) in [5.41, 5.74) is 0. The third-order valence-corrected chi connectivity index (χ3v) is 2.01. The smallest absolute Gasteiger partial charge is 0.0540 e. The van der Waals surface area contributed by atoms with E-state index in [2.05, 4.69) is 0 Å². The Bertz CT molecular complexity index is 101. The molecule has 0 aromatic rings. The summed E-state index contributed by atoms with van der Waals surface area (Å²) >= 11 is 0. The van der Waals surface area contributed by atoms with E-state index >= 15 is 0 Å². The summed E-state index contributed by atoms with van der Waals surface area (Å²) in [6.07, 6.45) is 4.33. The first-order valence-corrected chi connectivity index (χ1v) is 5.06. The van der Waals surface area contributed by atoms with Crippen molar-refractivity contribution >= 4 is 0 Å². The molecule has 0 saturated heterocycles. The highest BCUT2D eigenvalue weighted by Gasteiger charge is 2.09. The largest absolute Gasteiger partial charge is 0.393 e. The summed E-state index contributed by atoms with van der Waals surface area (Å²) in [4.78, 5) is 0. The minimum absolute atomic E-state index is 0.0463. The minimum atomic E-state index is -0.375. The highest BCUT2D eigenvalue weighted by molar-refractivity contribution is 4.63. The molecule has 0 bridgehead atoms. The van der Waals surface area contributed by atoms with Gasteiger partial charge in [-0.2, -0.15) is 0 Å². The Morgan fingerprint density at radius 3 is 1.54 bits per heavy atom. The summed E-state index contributed by atoms with van der Waals surface area (Å²) in [5.74, 6) is 0. The second-order valence-electron chi connectivity index (χ2n) is 3.87. The van der Waals surface area contributed by atoms with Gasteiger partial charge >= 0.3 is 0 Å². The van der Waals surface area contributed by atoms with Crippen LogP contribution in [0.1, 0.15) is 46.0 Å². The average Bonchev–Trinajstić information content (AvgIpc) is 2.37. The highest BCUT2D eigenvalue weighted by atomic mass is 16.3. The SMILES string of the molecule is CC(O)CC(C)O.OC1CCCC1. The third-order valence-electron chi connectivity index (χ3n) is 2.01. The molecule has 0 aromatic heterocycles. The van der Waals surface area contributed by atoms with Crippen molar-refractivity contribution in [3.05, 3.63) is 0 Å². The van der Waals surface area contributed by atoms with Gasteiger partial charge in [0.1, 0.15) is 0 Å². The van der Waals surface area contributed by atoms with Crippen molar-refractivity contribution in [1.29, 1.82) is 0 Å². The summed E-state index contributed by atoms with van der Waals surface area (Å²) in [5, 5.41) is 25.9. The highest BCUT2D eigenvalue weighted by Crippen LogP contribution is 2.16. The Hall–Kier alpha value is -0.120. The van der Waals surface area contributed by atoms with Gasteiger partial charge in [-0.05, 0) is 33.1 Å². The molecule has 1 saturated carbocycles. The van der Waals surface area contributed by atoms with Crippen molar-refractivity contribution in [1.82, 2.24) is 0 Å². The molecule has 0 amide bonds. The first-order valence-electron chi connectivity index (χ1n) is 5.06. The van der Waals surface area contributed by atoms with Crippen LogP contribution in [0.2, 0.25) is 0 Å². The molecule has 1 rings (SSSR count). The van der Waals surface area contributed by atoms with Gasteiger partial charge in [0.05, 0.1) is 18.3 Å². The van der Waals surface area contributed by atoms with E-state index < -0.39 is 0 Å². The molecular weight excluding hydrogens is 168 g/mol. The van der Waals surface area contributed by atoms with Crippen molar-refractivity contribution in [3.8, 4) is 0 Å². The van der Waals surface area contributed by atoms with E-state index in [4.69, 9.17) is 15.3 Å². The lowest BCUT2D eigenvalue weighted by atomic mass is 10.2. The standard InChI is InChI=1S/C5H12O2.C5H10O/c1-4(6)3-5(2)7;6-5-3-1-2-4-5/h4-7H,3H2,1-2H3;5-6H,1-4H2. The molecule has 0 spiro atoms. The lowest BCUT2D eigenvalue weighted by molar-refractivity contribution is 0.102. The van der Waals surface area contributed by atoms with Crippen LogP contribution in [-0.2, 0) is 0 Å². The van der Waals surface area contributed by atoms with Crippen molar-refractivity contribution in [2.75, 3.05) is 0 Å². The van der Waals surface area contributed by atoms with Crippen LogP contribution in [-0.4, -0.2) is 33.6 Å². The Morgan fingerprint density at radius 2 is 1.46 bits per heavy atom. The van der Waals surface area contributed by atoms with Crippen LogP contribution in [0.3, 0.4) is 0 Å². The molecule has 0 radical (unpaired) electrons. The van der Waals surface area contributed by atoms with Gasteiger partial charge in [0.25, 0.3) is 0 Å². The zero-order valence-electron chi connectivity index (χ0n) is 8.61. The fraction of sp³-hybridized carbons (Fsp3) is 1.00. The van der Waals surface area contributed by atoms with Crippen LogP contribution >= 0.6 is 0 Å². The first kappa shape index (κ1) is 12.9. The van der Waals surface area contributed by atoms with E-state index in [0.717, 1.165) is 12.8 Å². The van der Waals surface area contributed by atoms with E-state index in [1.807, 2.05) is 0 Å². The molecule has 2 unspecified atom stereocenters. The van der Waals surface area contributed by atoms with Gasteiger partial charge in [0.2, 0.25) is 0 Å². The van der Waals surface area contributed by atoms with Gasteiger partial charge in [-0.1, -0.05) is 12.8 Å². The van der Waals surface area contributed by atoms with Gasteiger partial charge < -0.3 is 15.3 Å². The molecule has 13 heavy (non-hydrogen) atoms. The Balaban J connectivity index is 0.000000223. The van der Waals surface area contributed by atoms with Gasteiger partial charge in [0, 0.05) is 0 Å². The maximum Gasteiger partial charge on any atom is 0.0540 e. The van der Waals surface area contributed by atoms with Crippen LogP contribution in [0.15, 0.2) is 0 Å². The number of hydrogen-bond donors (Lipinski definition) is 3. The van der Waals surface area contributed by atoms with Crippen molar-refractivity contribution < 1.29 is 15.3 Å². The maximum absolute atomic E-state index is 8.73. The van der Waals surface area contributed by atoms with Gasteiger partial charge in [0.15, 0.2) is 0 Å². The Kier molecular flexibility index (Phi) is 7.23. The molecule has 80 valence electrons. The molecule has 2 atom stereocenters. The quantitative estimate of drug-likeness (QED) is 0.610. The molecule has 1 aliphatic rings. The van der Waals surface area contributed by atoms with E-state index in [1.165, 1.54) is 12.8 Å². The predicted molar refractivity (Wildman–Crippen MR) is 52.5 cm³/mol. The second-order valence-corrected chi connectivity index (χ2v) is 3.87. The molecule has 3 heteroatoms. The number of aliphatic hydroxyl groups excluding tert-OH is 3. The summed E-state index contributed by atoms with van der Waals surface area (Å²) < 4.78 is 0. The molecule has 0 aliphatic heterocycles. The number of hydrogen-bond acceptors (Lipinski definition) is 3. The van der Waals surface area contributed by atoms with Crippen molar-refractivity contribution in [2.24, 2.45) is 0 Å². The van der Waals surface area contributed by atoms with E-state index in [-0.39, 0.29) is 18.3 Å². The molecule has 3 nitrogen and oxygen atoms in total. The number of aliphatic hydroxyl groups is 3. The van der Waals surface area contributed by atoms with Crippen LogP contribution < -0.4 is 0 Å². The zero-order chi connectivity index (χ0) is 10.3. The van der Waals surface area contributed by atoms with Crippen molar-refractivity contribution in [2.45, 2.75) is 64.3 Å². The second kappa shape index (κ2) is 7.30. The lowest BCUT2D eigenvalue weighted by Gasteiger charge is -2.04. The molecule has 1 fully saturated rings. The lowest BCUT2D eigenvalue weighted by Crippen LogP contribution is -2.10. The zero-order valence-corrected chi connectivity index (χ0v) is 8.61. The van der Waals surface area contributed by atoms with Gasteiger partial charge in [-0.3, -0.25) is 0 Å². The van der Waals surface area contributed by atoms with E-state index in [0.29, 0.717) is 6.42 Å². The van der Waals surface area contributed by atoms with Crippen LogP contribution in [0.25, 0.3) is 0 Å².